The molecule has 0 spiro atoms. The highest BCUT2D eigenvalue weighted by Gasteiger charge is 2.38. The lowest BCUT2D eigenvalue weighted by Crippen LogP contribution is -2.53. The molecule has 0 saturated carbocycles. The van der Waals surface area contributed by atoms with Crippen molar-refractivity contribution in [3.05, 3.63) is 34.3 Å². The number of likely N-dealkylation sites (tertiary alicyclic amines) is 1. The molecule has 3 heteroatoms. The van der Waals surface area contributed by atoms with Gasteiger partial charge in [0, 0.05) is 17.0 Å². The summed E-state index contributed by atoms with van der Waals surface area (Å²) in [5, 5.41) is 11.5. The van der Waals surface area contributed by atoms with Gasteiger partial charge in [0.2, 0.25) is 0 Å². The molecule has 20 heavy (non-hydrogen) atoms. The van der Waals surface area contributed by atoms with Gasteiger partial charge in [0.25, 0.3) is 0 Å². The largest absolute Gasteiger partial charge is 0.391 e. The number of aliphatic hydroxyl groups excluding tert-OH is 1. The van der Waals surface area contributed by atoms with Crippen LogP contribution in [0.3, 0.4) is 0 Å². The summed E-state index contributed by atoms with van der Waals surface area (Å²) in [6, 6.07) is 6.08. The molecule has 0 aliphatic carbocycles. The fraction of sp³-hybridized carbons (Fsp3) is 0.647. The van der Waals surface area contributed by atoms with E-state index in [0.717, 1.165) is 35.7 Å². The Hall–Kier alpha value is -0.570. The molecular weight excluding hydrogens is 270 g/mol. The van der Waals surface area contributed by atoms with Crippen LogP contribution in [0.1, 0.15) is 44.2 Å². The second kappa shape index (κ2) is 6.46. The molecule has 0 amide bonds. The zero-order valence-corrected chi connectivity index (χ0v) is 13.6. The van der Waals surface area contributed by atoms with E-state index in [1.165, 1.54) is 12.8 Å². The molecule has 2 nitrogen and oxygen atoms in total. The number of hydrogen-bond acceptors (Lipinski definition) is 2. The van der Waals surface area contributed by atoms with Crippen molar-refractivity contribution < 1.29 is 5.11 Å². The van der Waals surface area contributed by atoms with E-state index in [2.05, 4.69) is 24.8 Å². The van der Waals surface area contributed by atoms with Crippen LogP contribution < -0.4 is 0 Å². The molecule has 0 radical (unpaired) electrons. The smallest absolute Gasteiger partial charge is 0.0761 e. The predicted molar refractivity (Wildman–Crippen MR) is 85.4 cm³/mol. The Morgan fingerprint density at radius 1 is 1.35 bits per heavy atom. The molecule has 1 aliphatic rings. The van der Waals surface area contributed by atoms with Gasteiger partial charge in [-0.3, -0.25) is 4.90 Å². The van der Waals surface area contributed by atoms with Crippen molar-refractivity contribution in [1.29, 1.82) is 0 Å². The summed E-state index contributed by atoms with van der Waals surface area (Å²) in [7, 11) is 0. The molecule has 1 aromatic carbocycles. The van der Waals surface area contributed by atoms with Crippen LogP contribution in [0.2, 0.25) is 5.02 Å². The Morgan fingerprint density at radius 3 is 2.55 bits per heavy atom. The highest BCUT2D eigenvalue weighted by atomic mass is 35.5. The first-order valence-electron chi connectivity index (χ1n) is 7.65. The number of rotatable bonds is 5. The summed E-state index contributed by atoms with van der Waals surface area (Å²) >= 11 is 6.30. The molecule has 1 heterocycles. The standard InChI is InChI=1S/C17H26ClNO/c1-4-17(3,19-9-5-6-10-19)16(20)12-14-8-7-13(2)11-15(14)18/h7-8,11,16,20H,4-6,9-10,12H2,1-3H3. The van der Waals surface area contributed by atoms with Crippen molar-refractivity contribution in [2.45, 2.75) is 58.1 Å². The zero-order chi connectivity index (χ0) is 14.8. The summed E-state index contributed by atoms with van der Waals surface area (Å²) in [6.45, 7) is 8.59. The van der Waals surface area contributed by atoms with Crippen molar-refractivity contribution in [3.8, 4) is 0 Å². The van der Waals surface area contributed by atoms with E-state index < -0.39 is 0 Å². The van der Waals surface area contributed by atoms with Crippen molar-refractivity contribution in [1.82, 2.24) is 4.90 Å². The van der Waals surface area contributed by atoms with Crippen molar-refractivity contribution in [2.24, 2.45) is 0 Å². The van der Waals surface area contributed by atoms with Crippen LogP contribution in [0.4, 0.5) is 0 Å². The molecule has 2 unspecified atom stereocenters. The molecule has 1 N–H and O–H groups in total. The third-order valence-electron chi connectivity index (χ3n) is 4.88. The molecule has 2 atom stereocenters. The van der Waals surface area contributed by atoms with Crippen LogP contribution in [0.5, 0.6) is 0 Å². The molecule has 1 aromatic rings. The Labute approximate surface area is 127 Å². The summed E-state index contributed by atoms with van der Waals surface area (Å²) in [6.07, 6.45) is 3.68. The molecule has 0 bridgehead atoms. The summed E-state index contributed by atoms with van der Waals surface area (Å²) in [4.78, 5) is 2.44. The molecule has 0 aromatic heterocycles. The van der Waals surface area contributed by atoms with E-state index in [-0.39, 0.29) is 11.6 Å². The zero-order valence-electron chi connectivity index (χ0n) is 12.8. The third kappa shape index (κ3) is 3.19. The van der Waals surface area contributed by atoms with Crippen LogP contribution in [-0.2, 0) is 6.42 Å². The SMILES string of the molecule is CCC(C)(C(O)Cc1ccc(C)cc1Cl)N1CCCC1. The van der Waals surface area contributed by atoms with E-state index in [9.17, 15) is 5.11 Å². The monoisotopic (exact) mass is 295 g/mol. The maximum atomic E-state index is 10.8. The number of halogens is 1. The van der Waals surface area contributed by atoms with Gasteiger partial charge in [0.05, 0.1) is 6.10 Å². The third-order valence-corrected chi connectivity index (χ3v) is 5.24. The minimum absolute atomic E-state index is 0.148. The number of hydrogen-bond donors (Lipinski definition) is 1. The minimum atomic E-state index is -0.384. The van der Waals surface area contributed by atoms with Crippen LogP contribution >= 0.6 is 11.6 Å². The minimum Gasteiger partial charge on any atom is -0.391 e. The Morgan fingerprint density at radius 2 is 2.00 bits per heavy atom. The Kier molecular flexibility index (Phi) is 5.11. The summed E-state index contributed by atoms with van der Waals surface area (Å²) < 4.78 is 0. The Balaban J connectivity index is 2.14. The molecular formula is C17H26ClNO. The van der Waals surface area contributed by atoms with Crippen molar-refractivity contribution in [3.63, 3.8) is 0 Å². The highest BCUT2D eigenvalue weighted by molar-refractivity contribution is 6.31. The van der Waals surface area contributed by atoms with Gasteiger partial charge in [-0.1, -0.05) is 30.7 Å². The maximum absolute atomic E-state index is 10.8. The van der Waals surface area contributed by atoms with Crippen LogP contribution in [0, 0.1) is 6.92 Å². The fourth-order valence-electron chi connectivity index (χ4n) is 3.14. The number of benzene rings is 1. The number of nitrogens with zero attached hydrogens (tertiary/aromatic N) is 1. The normalized spacial score (nSPS) is 20.9. The van der Waals surface area contributed by atoms with Gasteiger partial charge in [0.1, 0.15) is 0 Å². The lowest BCUT2D eigenvalue weighted by atomic mass is 9.86. The summed E-state index contributed by atoms with van der Waals surface area (Å²) in [5.41, 5.74) is 2.06. The fourth-order valence-corrected chi connectivity index (χ4v) is 3.46. The number of aliphatic hydroxyl groups is 1. The predicted octanol–water partition coefficient (Wildman–Crippen LogP) is 3.82. The van der Waals surface area contributed by atoms with Gasteiger partial charge in [-0.2, -0.15) is 0 Å². The number of aryl methyl sites for hydroxylation is 1. The van der Waals surface area contributed by atoms with Crippen LogP contribution in [0.25, 0.3) is 0 Å². The van der Waals surface area contributed by atoms with Crippen molar-refractivity contribution in [2.75, 3.05) is 13.1 Å². The molecule has 1 saturated heterocycles. The van der Waals surface area contributed by atoms with Gasteiger partial charge < -0.3 is 5.11 Å². The lowest BCUT2D eigenvalue weighted by Gasteiger charge is -2.42. The second-order valence-corrected chi connectivity index (χ2v) is 6.63. The average molecular weight is 296 g/mol. The lowest BCUT2D eigenvalue weighted by molar-refractivity contribution is -0.0117. The van der Waals surface area contributed by atoms with E-state index in [0.29, 0.717) is 6.42 Å². The van der Waals surface area contributed by atoms with Crippen LogP contribution in [-0.4, -0.2) is 34.7 Å². The first-order valence-corrected chi connectivity index (χ1v) is 8.03. The first kappa shape index (κ1) is 15.8. The maximum Gasteiger partial charge on any atom is 0.0761 e. The molecule has 112 valence electrons. The van der Waals surface area contributed by atoms with Gasteiger partial charge >= 0.3 is 0 Å². The quantitative estimate of drug-likeness (QED) is 0.893. The van der Waals surface area contributed by atoms with E-state index >= 15 is 0 Å². The topological polar surface area (TPSA) is 23.5 Å². The highest BCUT2D eigenvalue weighted by Crippen LogP contribution is 2.31. The molecule has 2 rings (SSSR count). The van der Waals surface area contributed by atoms with Gasteiger partial charge in [0.15, 0.2) is 0 Å². The van der Waals surface area contributed by atoms with Gasteiger partial charge in [-0.25, -0.2) is 0 Å². The van der Waals surface area contributed by atoms with E-state index in [1.54, 1.807) is 0 Å². The molecule has 1 fully saturated rings. The van der Waals surface area contributed by atoms with Crippen molar-refractivity contribution >= 4 is 11.6 Å². The summed E-state index contributed by atoms with van der Waals surface area (Å²) in [5.74, 6) is 0. The van der Waals surface area contributed by atoms with Gasteiger partial charge in [-0.15, -0.1) is 0 Å². The average Bonchev–Trinajstić information content (AvgIpc) is 2.95. The second-order valence-electron chi connectivity index (χ2n) is 6.22. The van der Waals surface area contributed by atoms with E-state index in [4.69, 9.17) is 11.6 Å². The van der Waals surface area contributed by atoms with Crippen LogP contribution in [0.15, 0.2) is 18.2 Å². The Bertz CT molecular complexity index is 456. The van der Waals surface area contributed by atoms with Gasteiger partial charge in [-0.05, 0) is 63.4 Å². The molecule has 1 aliphatic heterocycles. The first-order chi connectivity index (χ1) is 9.47. The van der Waals surface area contributed by atoms with E-state index in [1.807, 2.05) is 19.1 Å².